The van der Waals surface area contributed by atoms with Crippen molar-refractivity contribution in [2.75, 3.05) is 11.1 Å². The second kappa shape index (κ2) is 10.1. The molecule has 2 heterocycles. The van der Waals surface area contributed by atoms with Gasteiger partial charge in [0.25, 0.3) is 5.56 Å². The van der Waals surface area contributed by atoms with Crippen LogP contribution in [-0.2, 0) is 11.8 Å². The van der Waals surface area contributed by atoms with Gasteiger partial charge in [0.15, 0.2) is 0 Å². The Balaban J connectivity index is 1.40. The third kappa shape index (κ3) is 4.81. The van der Waals surface area contributed by atoms with Gasteiger partial charge in [0.05, 0.1) is 17.1 Å². The van der Waals surface area contributed by atoms with Gasteiger partial charge in [0, 0.05) is 19.2 Å². The summed E-state index contributed by atoms with van der Waals surface area (Å²) in [6.07, 6.45) is 0.211. The Labute approximate surface area is 201 Å². The molecule has 4 aromatic rings. The SMILES string of the molecule is Cc1c(NC(=O)CCSc2nnnn2-c2ccc(C(C)C)cc2)c(=O)n(-c2ccccc2)n1C. The van der Waals surface area contributed by atoms with E-state index in [1.807, 2.05) is 49.4 Å². The Morgan fingerprint density at radius 3 is 2.44 bits per heavy atom. The molecule has 0 spiro atoms. The number of carbonyl (C=O) groups excluding carboxylic acids is 1. The van der Waals surface area contributed by atoms with Crippen LogP contribution in [0.4, 0.5) is 5.69 Å². The quantitative estimate of drug-likeness (QED) is 0.389. The predicted octanol–water partition coefficient (Wildman–Crippen LogP) is 3.70. The van der Waals surface area contributed by atoms with E-state index >= 15 is 0 Å². The molecule has 0 aliphatic rings. The summed E-state index contributed by atoms with van der Waals surface area (Å²) in [5.41, 5.74) is 3.55. The molecule has 0 radical (unpaired) electrons. The molecule has 10 heteroatoms. The predicted molar refractivity (Wildman–Crippen MR) is 133 cm³/mol. The van der Waals surface area contributed by atoms with Crippen molar-refractivity contribution in [1.29, 1.82) is 0 Å². The third-order valence-corrected chi connectivity index (χ3v) is 6.55. The molecule has 2 aromatic heterocycles. The van der Waals surface area contributed by atoms with E-state index in [9.17, 15) is 9.59 Å². The lowest BCUT2D eigenvalue weighted by Crippen LogP contribution is -2.23. The van der Waals surface area contributed by atoms with Crippen LogP contribution in [0, 0.1) is 6.92 Å². The van der Waals surface area contributed by atoms with Gasteiger partial charge in [-0.3, -0.25) is 14.3 Å². The lowest BCUT2D eigenvalue weighted by atomic mass is 10.0. The number of nitrogens with zero attached hydrogens (tertiary/aromatic N) is 6. The van der Waals surface area contributed by atoms with Crippen molar-refractivity contribution in [2.45, 2.75) is 38.3 Å². The second-order valence-corrected chi connectivity index (χ2v) is 9.26. The van der Waals surface area contributed by atoms with Crippen LogP contribution in [-0.4, -0.2) is 41.2 Å². The first-order chi connectivity index (χ1) is 16.4. The van der Waals surface area contributed by atoms with E-state index in [1.165, 1.54) is 17.3 Å². The minimum Gasteiger partial charge on any atom is -0.320 e. The monoisotopic (exact) mass is 477 g/mol. The molecule has 0 bridgehead atoms. The molecular weight excluding hydrogens is 450 g/mol. The molecule has 1 N–H and O–H groups in total. The van der Waals surface area contributed by atoms with Crippen molar-refractivity contribution in [1.82, 2.24) is 29.6 Å². The smallest absolute Gasteiger partial charge is 0.295 e. The highest BCUT2D eigenvalue weighted by Gasteiger charge is 2.18. The number of thioether (sulfide) groups is 1. The van der Waals surface area contributed by atoms with Crippen molar-refractivity contribution >= 4 is 23.4 Å². The molecule has 176 valence electrons. The molecule has 0 unspecified atom stereocenters. The summed E-state index contributed by atoms with van der Waals surface area (Å²) >= 11 is 1.39. The molecule has 0 saturated heterocycles. The lowest BCUT2D eigenvalue weighted by Gasteiger charge is -2.08. The van der Waals surface area contributed by atoms with Crippen LogP contribution in [0.15, 0.2) is 64.5 Å². The number of para-hydroxylation sites is 1. The second-order valence-electron chi connectivity index (χ2n) is 8.20. The number of anilines is 1. The molecule has 9 nitrogen and oxygen atoms in total. The Morgan fingerprint density at radius 2 is 1.76 bits per heavy atom. The van der Waals surface area contributed by atoms with Crippen molar-refractivity contribution in [3.05, 3.63) is 76.2 Å². The average Bonchev–Trinajstić information content (AvgIpc) is 3.38. The van der Waals surface area contributed by atoms with Crippen LogP contribution in [0.3, 0.4) is 0 Å². The van der Waals surface area contributed by atoms with E-state index in [4.69, 9.17) is 0 Å². The fraction of sp³-hybridized carbons (Fsp3) is 0.292. The van der Waals surface area contributed by atoms with E-state index in [2.05, 4.69) is 46.8 Å². The van der Waals surface area contributed by atoms with Gasteiger partial charge in [-0.15, -0.1) is 5.10 Å². The molecule has 0 atom stereocenters. The Hall–Kier alpha value is -3.66. The Morgan fingerprint density at radius 1 is 1.06 bits per heavy atom. The highest BCUT2D eigenvalue weighted by atomic mass is 32.2. The summed E-state index contributed by atoms with van der Waals surface area (Å²) in [5.74, 6) is 0.675. The van der Waals surface area contributed by atoms with Crippen molar-refractivity contribution in [2.24, 2.45) is 7.05 Å². The molecule has 1 amide bonds. The van der Waals surface area contributed by atoms with Crippen molar-refractivity contribution in [3.8, 4) is 11.4 Å². The topological polar surface area (TPSA) is 99.6 Å². The van der Waals surface area contributed by atoms with E-state index in [0.29, 0.717) is 22.5 Å². The van der Waals surface area contributed by atoms with E-state index < -0.39 is 0 Å². The first kappa shape index (κ1) is 23.5. The number of hydrogen-bond acceptors (Lipinski definition) is 6. The maximum Gasteiger partial charge on any atom is 0.295 e. The number of aromatic nitrogens is 6. The minimum absolute atomic E-state index is 0.211. The minimum atomic E-state index is -0.263. The molecule has 0 aliphatic carbocycles. The van der Waals surface area contributed by atoms with Crippen LogP contribution in [0.1, 0.15) is 37.4 Å². The summed E-state index contributed by atoms with van der Waals surface area (Å²) < 4.78 is 4.94. The van der Waals surface area contributed by atoms with Crippen LogP contribution in [0.25, 0.3) is 11.4 Å². The van der Waals surface area contributed by atoms with Gasteiger partial charge in [0.2, 0.25) is 11.1 Å². The Kier molecular flexibility index (Phi) is 6.97. The maximum absolute atomic E-state index is 13.0. The number of hydrogen-bond donors (Lipinski definition) is 1. The van der Waals surface area contributed by atoms with Crippen LogP contribution in [0.2, 0.25) is 0 Å². The standard InChI is InChI=1S/C24H27N7O2S/c1-16(2)18-10-12-19(13-11-18)30-24(26-27-28-30)34-15-14-21(32)25-22-17(3)29(4)31(23(22)33)20-8-6-5-7-9-20/h5-13,16H,14-15H2,1-4H3,(H,25,32). The summed E-state index contributed by atoms with van der Waals surface area (Å²) in [4.78, 5) is 25.6. The van der Waals surface area contributed by atoms with E-state index in [0.717, 1.165) is 11.4 Å². The van der Waals surface area contributed by atoms with E-state index in [1.54, 1.807) is 21.1 Å². The number of nitrogens with one attached hydrogen (secondary N) is 1. The maximum atomic E-state index is 13.0. The van der Waals surface area contributed by atoms with E-state index in [-0.39, 0.29) is 23.6 Å². The van der Waals surface area contributed by atoms with Crippen molar-refractivity contribution < 1.29 is 4.79 Å². The van der Waals surface area contributed by atoms with Crippen LogP contribution in [0.5, 0.6) is 0 Å². The molecule has 4 rings (SSSR count). The summed E-state index contributed by atoms with van der Waals surface area (Å²) in [5, 5.41) is 15.3. The normalized spacial score (nSPS) is 11.2. The first-order valence-corrected chi connectivity index (χ1v) is 12.0. The fourth-order valence-electron chi connectivity index (χ4n) is 3.58. The fourth-order valence-corrected chi connectivity index (χ4v) is 4.41. The number of amides is 1. The third-order valence-electron chi connectivity index (χ3n) is 5.62. The van der Waals surface area contributed by atoms with Gasteiger partial charge in [-0.2, -0.15) is 4.68 Å². The summed E-state index contributed by atoms with van der Waals surface area (Å²) in [7, 11) is 1.79. The van der Waals surface area contributed by atoms with Gasteiger partial charge < -0.3 is 5.32 Å². The Bertz CT molecular complexity index is 1340. The highest BCUT2D eigenvalue weighted by molar-refractivity contribution is 7.99. The number of carbonyl (C=O) groups is 1. The zero-order valence-corrected chi connectivity index (χ0v) is 20.4. The zero-order valence-electron chi connectivity index (χ0n) is 19.6. The molecule has 0 saturated carbocycles. The summed E-state index contributed by atoms with van der Waals surface area (Å²) in [6, 6.07) is 17.4. The highest BCUT2D eigenvalue weighted by Crippen LogP contribution is 2.22. The van der Waals surface area contributed by atoms with Gasteiger partial charge in [-0.1, -0.05) is 55.9 Å². The lowest BCUT2D eigenvalue weighted by molar-refractivity contribution is -0.115. The molecule has 34 heavy (non-hydrogen) atoms. The molecular formula is C24H27N7O2S. The number of benzene rings is 2. The van der Waals surface area contributed by atoms with Gasteiger partial charge in [-0.05, 0) is 53.1 Å². The number of rotatable bonds is 8. The zero-order chi connectivity index (χ0) is 24.2. The molecule has 0 fully saturated rings. The average molecular weight is 478 g/mol. The van der Waals surface area contributed by atoms with Crippen molar-refractivity contribution in [3.63, 3.8) is 0 Å². The van der Waals surface area contributed by atoms with Gasteiger partial charge >= 0.3 is 0 Å². The molecule has 0 aliphatic heterocycles. The van der Waals surface area contributed by atoms with Crippen LogP contribution < -0.4 is 10.9 Å². The summed E-state index contributed by atoms with van der Waals surface area (Å²) in [6.45, 7) is 6.10. The van der Waals surface area contributed by atoms with Gasteiger partial charge in [-0.25, -0.2) is 4.68 Å². The largest absolute Gasteiger partial charge is 0.320 e. The van der Waals surface area contributed by atoms with Crippen LogP contribution >= 0.6 is 11.8 Å². The number of tetrazole rings is 1. The first-order valence-electron chi connectivity index (χ1n) is 11.0. The van der Waals surface area contributed by atoms with Gasteiger partial charge in [0.1, 0.15) is 5.69 Å². The molecule has 2 aromatic carbocycles.